The van der Waals surface area contributed by atoms with Crippen molar-refractivity contribution in [1.82, 2.24) is 4.90 Å². The van der Waals surface area contributed by atoms with Gasteiger partial charge in [0.2, 0.25) is 0 Å². The Balaban J connectivity index is 1.65. The number of amides is 1. The lowest BCUT2D eigenvalue weighted by atomic mass is 10.1. The molecule has 1 amide bonds. The molecular weight excluding hydrogens is 464 g/mol. The van der Waals surface area contributed by atoms with Crippen molar-refractivity contribution in [2.45, 2.75) is 17.9 Å². The van der Waals surface area contributed by atoms with Crippen LogP contribution < -0.4 is 18.9 Å². The third kappa shape index (κ3) is 4.62. The zero-order valence-electron chi connectivity index (χ0n) is 18.5. The lowest BCUT2D eigenvalue weighted by Gasteiger charge is -2.27. The van der Waals surface area contributed by atoms with Crippen molar-refractivity contribution in [3.05, 3.63) is 63.8 Å². The van der Waals surface area contributed by atoms with Gasteiger partial charge in [-0.3, -0.25) is 9.52 Å². The fourth-order valence-corrected chi connectivity index (χ4v) is 5.86. The molecule has 174 valence electrons. The number of hydrogen-bond donors (Lipinski definition) is 1. The number of fused-ring (bicyclic) bond motifs is 1. The van der Waals surface area contributed by atoms with Crippen molar-refractivity contribution in [1.29, 1.82) is 0 Å². The van der Waals surface area contributed by atoms with Crippen LogP contribution in [0.1, 0.15) is 20.8 Å². The molecule has 0 spiro atoms. The Labute approximate surface area is 196 Å². The van der Waals surface area contributed by atoms with Gasteiger partial charge in [0.15, 0.2) is 0 Å². The molecule has 0 fully saturated rings. The van der Waals surface area contributed by atoms with Crippen molar-refractivity contribution < 1.29 is 27.4 Å². The number of thiophene rings is 1. The van der Waals surface area contributed by atoms with Gasteiger partial charge in [0.1, 0.15) is 22.1 Å². The van der Waals surface area contributed by atoms with E-state index in [9.17, 15) is 13.2 Å². The number of carbonyl (C=O) groups is 1. The van der Waals surface area contributed by atoms with Crippen LogP contribution in [0.3, 0.4) is 0 Å². The summed E-state index contributed by atoms with van der Waals surface area (Å²) in [5, 5.41) is 2.02. The average Bonchev–Trinajstić information content (AvgIpc) is 3.31. The molecule has 1 aromatic heterocycles. The van der Waals surface area contributed by atoms with Crippen molar-refractivity contribution in [3.63, 3.8) is 0 Å². The van der Waals surface area contributed by atoms with E-state index < -0.39 is 10.0 Å². The van der Waals surface area contributed by atoms with Crippen LogP contribution in [0.5, 0.6) is 17.2 Å². The number of nitrogens with one attached hydrogen (secondary N) is 1. The van der Waals surface area contributed by atoms with Gasteiger partial charge in [-0.1, -0.05) is 0 Å². The molecule has 1 N–H and O–H groups in total. The lowest BCUT2D eigenvalue weighted by molar-refractivity contribution is 0.0735. The van der Waals surface area contributed by atoms with Gasteiger partial charge in [-0.2, -0.15) is 0 Å². The second-order valence-electron chi connectivity index (χ2n) is 7.38. The fraction of sp³-hybridized carbons (Fsp3) is 0.261. The molecule has 0 aliphatic carbocycles. The highest BCUT2D eigenvalue weighted by molar-refractivity contribution is 7.92. The predicted molar refractivity (Wildman–Crippen MR) is 126 cm³/mol. The number of benzene rings is 2. The van der Waals surface area contributed by atoms with Crippen molar-refractivity contribution in [2.75, 3.05) is 32.6 Å². The molecule has 0 saturated heterocycles. The van der Waals surface area contributed by atoms with Crippen molar-refractivity contribution in [3.8, 4) is 17.2 Å². The quantitative estimate of drug-likeness (QED) is 0.544. The van der Waals surface area contributed by atoms with Gasteiger partial charge in [0.25, 0.3) is 15.9 Å². The minimum Gasteiger partial charge on any atom is -0.497 e. The molecule has 3 aromatic rings. The van der Waals surface area contributed by atoms with Crippen LogP contribution in [-0.4, -0.2) is 47.1 Å². The lowest BCUT2D eigenvalue weighted by Crippen LogP contribution is -2.35. The number of hydrogen-bond acceptors (Lipinski definition) is 7. The van der Waals surface area contributed by atoms with Gasteiger partial charge in [0.05, 0.1) is 27.0 Å². The number of anilines is 1. The second kappa shape index (κ2) is 9.32. The zero-order chi connectivity index (χ0) is 23.6. The number of sulfonamides is 1. The van der Waals surface area contributed by atoms with Gasteiger partial charge in [-0.15, -0.1) is 11.3 Å². The first-order valence-electron chi connectivity index (χ1n) is 10.1. The topological polar surface area (TPSA) is 94.2 Å². The number of nitrogens with zero attached hydrogens (tertiary/aromatic N) is 1. The molecule has 0 radical (unpaired) electrons. The van der Waals surface area contributed by atoms with Crippen LogP contribution in [0, 0.1) is 0 Å². The highest BCUT2D eigenvalue weighted by Crippen LogP contribution is 2.33. The Kier molecular flexibility index (Phi) is 6.48. The van der Waals surface area contributed by atoms with E-state index in [1.807, 2.05) is 11.4 Å². The number of methoxy groups -OCH3 is 3. The summed E-state index contributed by atoms with van der Waals surface area (Å²) in [6.07, 6.45) is 0.791. The Morgan fingerprint density at radius 3 is 2.52 bits per heavy atom. The summed E-state index contributed by atoms with van der Waals surface area (Å²) in [7, 11) is 0.224. The largest absolute Gasteiger partial charge is 0.497 e. The second-order valence-corrected chi connectivity index (χ2v) is 10.0. The highest BCUT2D eigenvalue weighted by Gasteiger charge is 2.27. The Morgan fingerprint density at radius 1 is 1.00 bits per heavy atom. The summed E-state index contributed by atoms with van der Waals surface area (Å²) in [5.74, 6) is 0.720. The molecule has 10 heteroatoms. The normalized spacial score (nSPS) is 13.2. The van der Waals surface area contributed by atoms with Gasteiger partial charge in [0, 0.05) is 29.6 Å². The summed E-state index contributed by atoms with van der Waals surface area (Å²) in [6.45, 7) is 1.09. The Hall–Kier alpha value is -3.24. The minimum absolute atomic E-state index is 0.130. The predicted octanol–water partition coefficient (Wildman–Crippen LogP) is 3.77. The molecule has 0 unspecified atom stereocenters. The van der Waals surface area contributed by atoms with Crippen LogP contribution >= 0.6 is 11.3 Å². The van der Waals surface area contributed by atoms with E-state index in [1.165, 1.54) is 38.3 Å². The van der Waals surface area contributed by atoms with E-state index in [-0.39, 0.29) is 27.8 Å². The smallest absolute Gasteiger partial charge is 0.265 e. The maximum absolute atomic E-state index is 13.3. The molecule has 2 heterocycles. The van der Waals surface area contributed by atoms with E-state index in [1.54, 1.807) is 40.5 Å². The average molecular weight is 489 g/mol. The monoisotopic (exact) mass is 488 g/mol. The molecule has 0 saturated carbocycles. The van der Waals surface area contributed by atoms with Crippen LogP contribution in [0.15, 0.2) is 52.7 Å². The third-order valence-corrected chi connectivity index (χ3v) is 7.86. The summed E-state index contributed by atoms with van der Waals surface area (Å²) in [5.41, 5.74) is 1.64. The van der Waals surface area contributed by atoms with E-state index in [2.05, 4.69) is 4.72 Å². The molecule has 2 aromatic carbocycles. The maximum Gasteiger partial charge on any atom is 0.265 e. The molecule has 4 rings (SSSR count). The fourth-order valence-electron chi connectivity index (χ4n) is 3.71. The summed E-state index contributed by atoms with van der Waals surface area (Å²) >= 11 is 1.69. The molecule has 0 bridgehead atoms. The maximum atomic E-state index is 13.3. The molecule has 33 heavy (non-hydrogen) atoms. The SMILES string of the molecule is COc1ccc(NS(=O)(=O)c2cc(C(=O)N3CCc4sccc4C3)ccc2OC)c(OC)c1. The third-order valence-electron chi connectivity index (χ3n) is 5.45. The molecule has 1 aliphatic heterocycles. The molecule has 8 nitrogen and oxygen atoms in total. The first-order valence-corrected chi connectivity index (χ1v) is 12.5. The van der Waals surface area contributed by atoms with Crippen molar-refractivity contribution in [2.24, 2.45) is 0 Å². The van der Waals surface area contributed by atoms with Crippen LogP contribution in [-0.2, 0) is 23.0 Å². The van der Waals surface area contributed by atoms with Crippen LogP contribution in [0.4, 0.5) is 5.69 Å². The van der Waals surface area contributed by atoms with E-state index >= 15 is 0 Å². The summed E-state index contributed by atoms with van der Waals surface area (Å²) in [4.78, 5) is 16.1. The van der Waals surface area contributed by atoms with Crippen molar-refractivity contribution >= 4 is 33.0 Å². The standard InChI is InChI=1S/C23H24N2O6S2/c1-29-17-5-6-18(20(13-17)31-3)24-33(27,28)22-12-15(4-7-19(22)30-2)23(26)25-10-8-21-16(14-25)9-11-32-21/h4-7,9,11-13,24H,8,10,14H2,1-3H3. The molecule has 1 aliphatic rings. The van der Waals surface area contributed by atoms with E-state index in [0.717, 1.165) is 12.0 Å². The molecular formula is C23H24N2O6S2. The minimum atomic E-state index is -4.10. The first kappa shape index (κ1) is 22.9. The Bertz CT molecular complexity index is 1290. The first-order chi connectivity index (χ1) is 15.9. The zero-order valence-corrected chi connectivity index (χ0v) is 20.1. The van der Waals surface area contributed by atoms with E-state index in [4.69, 9.17) is 14.2 Å². The van der Waals surface area contributed by atoms with Gasteiger partial charge in [-0.05, 0) is 53.8 Å². The van der Waals surface area contributed by atoms with Crippen LogP contribution in [0.25, 0.3) is 0 Å². The number of rotatable bonds is 7. The summed E-state index contributed by atoms with van der Waals surface area (Å²) < 4.78 is 44.8. The van der Waals surface area contributed by atoms with Gasteiger partial charge < -0.3 is 19.1 Å². The van der Waals surface area contributed by atoms with Crippen LogP contribution in [0.2, 0.25) is 0 Å². The molecule has 0 atom stereocenters. The van der Waals surface area contributed by atoms with Gasteiger partial charge >= 0.3 is 0 Å². The van der Waals surface area contributed by atoms with E-state index in [0.29, 0.717) is 24.6 Å². The highest BCUT2D eigenvalue weighted by atomic mass is 32.2. The Morgan fingerprint density at radius 2 is 1.79 bits per heavy atom. The summed E-state index contributed by atoms with van der Waals surface area (Å²) in [6, 6.07) is 11.2. The van der Waals surface area contributed by atoms with Gasteiger partial charge in [-0.25, -0.2) is 8.42 Å². The number of carbonyl (C=O) groups excluding carboxylic acids is 1. The number of ether oxygens (including phenoxy) is 3.